The minimum absolute atomic E-state index is 0.0887. The zero-order valence-electron chi connectivity index (χ0n) is 12.5. The third kappa shape index (κ3) is 2.81. The Morgan fingerprint density at radius 1 is 1.05 bits per heavy atom. The average Bonchev–Trinajstić information content (AvgIpc) is 2.68. The molecule has 1 aromatic heterocycles. The molecule has 0 aliphatic rings. The standard InChI is InChI=1S/C16H18N2O3/c1-8-5-9(2)13(10(3)6-8)15(19)18-12-7-17-11(4)14(12)16(20)21/h5-7,17H,1-4H3,(H,18,19)(H,20,21). The van der Waals surface area contributed by atoms with Gasteiger partial charge in [0.05, 0.1) is 5.69 Å². The van der Waals surface area contributed by atoms with Gasteiger partial charge in [0.2, 0.25) is 0 Å². The second-order valence-electron chi connectivity index (χ2n) is 5.24. The number of carbonyl (C=O) groups excluding carboxylic acids is 1. The van der Waals surface area contributed by atoms with Gasteiger partial charge in [-0.05, 0) is 38.8 Å². The predicted octanol–water partition coefficient (Wildman–Crippen LogP) is 3.20. The smallest absolute Gasteiger partial charge is 0.339 e. The Labute approximate surface area is 123 Å². The van der Waals surface area contributed by atoms with Crippen LogP contribution in [0.25, 0.3) is 0 Å². The van der Waals surface area contributed by atoms with E-state index in [9.17, 15) is 14.7 Å². The van der Waals surface area contributed by atoms with E-state index in [1.807, 2.05) is 32.9 Å². The molecule has 0 fully saturated rings. The summed E-state index contributed by atoms with van der Waals surface area (Å²) >= 11 is 0. The van der Waals surface area contributed by atoms with Gasteiger partial charge in [0.25, 0.3) is 5.91 Å². The van der Waals surface area contributed by atoms with E-state index in [1.54, 1.807) is 6.92 Å². The molecule has 21 heavy (non-hydrogen) atoms. The summed E-state index contributed by atoms with van der Waals surface area (Å²) in [6.07, 6.45) is 1.50. The summed E-state index contributed by atoms with van der Waals surface area (Å²) in [6.45, 7) is 7.37. The Hall–Kier alpha value is -2.56. The normalized spacial score (nSPS) is 10.5. The first-order chi connectivity index (χ1) is 9.81. The number of amides is 1. The topological polar surface area (TPSA) is 82.2 Å². The van der Waals surface area contributed by atoms with Gasteiger partial charge >= 0.3 is 5.97 Å². The molecular weight excluding hydrogens is 268 g/mol. The lowest BCUT2D eigenvalue weighted by atomic mass is 9.99. The molecule has 0 saturated heterocycles. The van der Waals surface area contributed by atoms with Gasteiger partial charge in [0.1, 0.15) is 5.56 Å². The number of nitrogens with one attached hydrogen (secondary N) is 2. The molecule has 1 heterocycles. The Morgan fingerprint density at radius 2 is 1.62 bits per heavy atom. The number of anilines is 1. The molecular formula is C16H18N2O3. The van der Waals surface area contributed by atoms with Crippen LogP contribution in [-0.4, -0.2) is 22.0 Å². The molecule has 0 aliphatic carbocycles. The molecule has 1 aromatic carbocycles. The molecule has 0 atom stereocenters. The highest BCUT2D eigenvalue weighted by Gasteiger charge is 2.19. The summed E-state index contributed by atoms with van der Waals surface area (Å²) in [5.74, 6) is -1.37. The van der Waals surface area contributed by atoms with Crippen molar-refractivity contribution < 1.29 is 14.7 Å². The van der Waals surface area contributed by atoms with Gasteiger partial charge in [-0.15, -0.1) is 0 Å². The number of hydrogen-bond donors (Lipinski definition) is 3. The van der Waals surface area contributed by atoms with E-state index in [0.717, 1.165) is 16.7 Å². The molecule has 110 valence electrons. The summed E-state index contributed by atoms with van der Waals surface area (Å²) in [5.41, 5.74) is 4.29. The minimum atomic E-state index is -1.07. The van der Waals surface area contributed by atoms with E-state index < -0.39 is 5.97 Å². The maximum absolute atomic E-state index is 12.4. The van der Waals surface area contributed by atoms with Crippen molar-refractivity contribution in [1.82, 2.24) is 4.98 Å². The van der Waals surface area contributed by atoms with Crippen LogP contribution in [0.5, 0.6) is 0 Å². The first kappa shape index (κ1) is 14.8. The summed E-state index contributed by atoms with van der Waals surface area (Å²) in [7, 11) is 0. The van der Waals surface area contributed by atoms with Crippen molar-refractivity contribution in [1.29, 1.82) is 0 Å². The monoisotopic (exact) mass is 286 g/mol. The van der Waals surface area contributed by atoms with Crippen molar-refractivity contribution in [3.8, 4) is 0 Å². The van der Waals surface area contributed by atoms with Crippen LogP contribution in [-0.2, 0) is 0 Å². The van der Waals surface area contributed by atoms with Crippen molar-refractivity contribution >= 4 is 17.6 Å². The number of carbonyl (C=O) groups is 2. The second kappa shape index (κ2) is 5.44. The highest BCUT2D eigenvalue weighted by molar-refractivity contribution is 6.09. The number of aryl methyl sites for hydroxylation is 4. The van der Waals surface area contributed by atoms with E-state index in [1.165, 1.54) is 6.20 Å². The van der Waals surface area contributed by atoms with Crippen LogP contribution in [0, 0.1) is 27.7 Å². The number of aromatic nitrogens is 1. The number of carboxylic acids is 1. The zero-order chi connectivity index (χ0) is 15.7. The molecule has 0 unspecified atom stereocenters. The molecule has 5 nitrogen and oxygen atoms in total. The quantitative estimate of drug-likeness (QED) is 0.810. The van der Waals surface area contributed by atoms with Crippen molar-refractivity contribution in [3.05, 3.63) is 51.8 Å². The first-order valence-electron chi connectivity index (χ1n) is 6.61. The highest BCUT2D eigenvalue weighted by Crippen LogP contribution is 2.22. The van der Waals surface area contributed by atoms with Crippen LogP contribution in [0.1, 0.15) is 43.1 Å². The van der Waals surface area contributed by atoms with Gasteiger partial charge in [0, 0.05) is 17.5 Å². The molecule has 0 spiro atoms. The maximum atomic E-state index is 12.4. The summed E-state index contributed by atoms with van der Waals surface area (Å²) < 4.78 is 0. The molecule has 0 saturated carbocycles. The van der Waals surface area contributed by atoms with Crippen molar-refractivity contribution in [2.24, 2.45) is 0 Å². The number of aromatic carboxylic acids is 1. The minimum Gasteiger partial charge on any atom is -0.478 e. The van der Waals surface area contributed by atoms with E-state index in [2.05, 4.69) is 10.3 Å². The zero-order valence-corrected chi connectivity index (χ0v) is 12.5. The van der Waals surface area contributed by atoms with Gasteiger partial charge in [-0.1, -0.05) is 17.7 Å². The summed E-state index contributed by atoms with van der Waals surface area (Å²) in [4.78, 5) is 26.5. The number of rotatable bonds is 3. The maximum Gasteiger partial charge on any atom is 0.339 e. The van der Waals surface area contributed by atoms with E-state index in [-0.39, 0.29) is 17.2 Å². The molecule has 2 rings (SSSR count). The fraction of sp³-hybridized carbons (Fsp3) is 0.250. The number of carboxylic acid groups (broad SMARTS) is 1. The van der Waals surface area contributed by atoms with E-state index in [0.29, 0.717) is 11.3 Å². The SMILES string of the molecule is Cc1cc(C)c(C(=O)Nc2c[nH]c(C)c2C(=O)O)c(C)c1. The van der Waals surface area contributed by atoms with Gasteiger partial charge in [-0.3, -0.25) is 4.79 Å². The number of aromatic amines is 1. The molecule has 0 bridgehead atoms. The Kier molecular flexibility index (Phi) is 3.84. The van der Waals surface area contributed by atoms with E-state index in [4.69, 9.17) is 0 Å². The fourth-order valence-corrected chi connectivity index (χ4v) is 2.62. The second-order valence-corrected chi connectivity index (χ2v) is 5.24. The van der Waals surface area contributed by atoms with Crippen LogP contribution in [0.4, 0.5) is 5.69 Å². The number of benzene rings is 1. The molecule has 0 radical (unpaired) electrons. The third-order valence-electron chi connectivity index (χ3n) is 3.44. The number of hydrogen-bond acceptors (Lipinski definition) is 2. The average molecular weight is 286 g/mol. The fourth-order valence-electron chi connectivity index (χ4n) is 2.62. The Balaban J connectivity index is 2.38. The lowest BCUT2D eigenvalue weighted by Crippen LogP contribution is -2.16. The molecule has 3 N–H and O–H groups in total. The van der Waals surface area contributed by atoms with Crippen molar-refractivity contribution in [2.75, 3.05) is 5.32 Å². The molecule has 2 aromatic rings. The summed E-state index contributed by atoms with van der Waals surface area (Å²) in [5, 5.41) is 11.9. The number of H-pyrrole nitrogens is 1. The van der Waals surface area contributed by atoms with Gasteiger partial charge < -0.3 is 15.4 Å². The van der Waals surface area contributed by atoms with Crippen molar-refractivity contribution in [3.63, 3.8) is 0 Å². The molecule has 5 heteroatoms. The first-order valence-corrected chi connectivity index (χ1v) is 6.61. The predicted molar refractivity (Wildman–Crippen MR) is 81.1 cm³/mol. The molecule has 1 amide bonds. The highest BCUT2D eigenvalue weighted by atomic mass is 16.4. The third-order valence-corrected chi connectivity index (χ3v) is 3.44. The Morgan fingerprint density at radius 3 is 2.14 bits per heavy atom. The van der Waals surface area contributed by atoms with Gasteiger partial charge in [-0.25, -0.2) is 4.79 Å². The van der Waals surface area contributed by atoms with Crippen LogP contribution in [0.2, 0.25) is 0 Å². The van der Waals surface area contributed by atoms with Gasteiger partial charge in [-0.2, -0.15) is 0 Å². The van der Waals surface area contributed by atoms with Crippen molar-refractivity contribution in [2.45, 2.75) is 27.7 Å². The van der Waals surface area contributed by atoms with E-state index >= 15 is 0 Å². The van der Waals surface area contributed by atoms with Crippen LogP contribution < -0.4 is 5.32 Å². The summed E-state index contributed by atoms with van der Waals surface area (Å²) in [6, 6.07) is 3.87. The molecule has 0 aliphatic heterocycles. The van der Waals surface area contributed by atoms with Gasteiger partial charge in [0.15, 0.2) is 0 Å². The lowest BCUT2D eigenvalue weighted by molar-refractivity contribution is 0.0697. The van der Waals surface area contributed by atoms with Crippen LogP contribution in [0.15, 0.2) is 18.3 Å². The lowest BCUT2D eigenvalue weighted by Gasteiger charge is -2.11. The largest absolute Gasteiger partial charge is 0.478 e. The van der Waals surface area contributed by atoms with Crippen LogP contribution >= 0.6 is 0 Å². The van der Waals surface area contributed by atoms with Crippen LogP contribution in [0.3, 0.4) is 0 Å². The Bertz CT molecular complexity index is 706.